The van der Waals surface area contributed by atoms with Crippen LogP contribution >= 0.6 is 0 Å². The number of carbonyl (C=O) groups excluding carboxylic acids is 3. The lowest BCUT2D eigenvalue weighted by Crippen LogP contribution is -2.37. The number of hydrogen-bond donors (Lipinski definition) is 0. The van der Waals surface area contributed by atoms with Crippen molar-refractivity contribution in [3.8, 4) is 0 Å². The van der Waals surface area contributed by atoms with Gasteiger partial charge in [0.15, 0.2) is 0 Å². The predicted molar refractivity (Wildman–Crippen MR) is 79.4 cm³/mol. The van der Waals surface area contributed by atoms with Gasteiger partial charge in [0.2, 0.25) is 6.10 Å². The SMILES string of the molecule is CC(C)(C)C1=NOC(C(=O)ON2C(=O)c3ccccc3C2=O)C1. The first-order chi connectivity index (χ1) is 10.8. The Bertz CT molecular complexity index is 697. The van der Waals surface area contributed by atoms with Crippen LogP contribution in [-0.2, 0) is 14.5 Å². The van der Waals surface area contributed by atoms with Crippen molar-refractivity contribution in [1.82, 2.24) is 5.06 Å². The number of fused-ring (bicyclic) bond motifs is 1. The normalized spacial score (nSPS) is 20.2. The van der Waals surface area contributed by atoms with Crippen molar-refractivity contribution >= 4 is 23.5 Å². The molecule has 0 N–H and O–H groups in total. The first-order valence-corrected chi connectivity index (χ1v) is 7.22. The van der Waals surface area contributed by atoms with E-state index in [1.165, 1.54) is 12.1 Å². The van der Waals surface area contributed by atoms with E-state index < -0.39 is 23.9 Å². The van der Waals surface area contributed by atoms with Gasteiger partial charge in [0, 0.05) is 11.8 Å². The fourth-order valence-electron chi connectivity index (χ4n) is 2.35. The lowest BCUT2D eigenvalue weighted by molar-refractivity contribution is -0.180. The van der Waals surface area contributed by atoms with Crippen molar-refractivity contribution in [3.05, 3.63) is 35.4 Å². The van der Waals surface area contributed by atoms with Crippen molar-refractivity contribution in [3.63, 3.8) is 0 Å². The summed E-state index contributed by atoms with van der Waals surface area (Å²) in [5.41, 5.74) is 0.917. The lowest BCUT2D eigenvalue weighted by atomic mass is 9.87. The Hall–Kier alpha value is -2.70. The fraction of sp³-hybridized carbons (Fsp3) is 0.375. The molecule has 1 atom stereocenters. The third kappa shape index (κ3) is 2.58. The van der Waals surface area contributed by atoms with Crippen LogP contribution < -0.4 is 0 Å². The monoisotopic (exact) mass is 316 g/mol. The van der Waals surface area contributed by atoms with Crippen LogP contribution in [0.5, 0.6) is 0 Å². The van der Waals surface area contributed by atoms with Crippen molar-refractivity contribution in [1.29, 1.82) is 0 Å². The summed E-state index contributed by atoms with van der Waals surface area (Å²) in [4.78, 5) is 46.5. The minimum Gasteiger partial charge on any atom is -0.380 e. The number of benzene rings is 1. The van der Waals surface area contributed by atoms with Gasteiger partial charge in [-0.25, -0.2) is 4.79 Å². The molecule has 2 aliphatic rings. The summed E-state index contributed by atoms with van der Waals surface area (Å²) in [6.07, 6.45) is -0.681. The molecule has 0 bridgehead atoms. The van der Waals surface area contributed by atoms with Gasteiger partial charge in [-0.1, -0.05) is 43.1 Å². The van der Waals surface area contributed by atoms with E-state index in [1.807, 2.05) is 20.8 Å². The molecule has 2 heterocycles. The van der Waals surface area contributed by atoms with Gasteiger partial charge < -0.3 is 9.68 Å². The number of carbonyl (C=O) groups is 3. The number of rotatable bonds is 2. The van der Waals surface area contributed by atoms with Crippen LogP contribution in [-0.4, -0.2) is 34.7 Å². The van der Waals surface area contributed by atoms with Crippen LogP contribution in [0.2, 0.25) is 0 Å². The quantitative estimate of drug-likeness (QED) is 0.778. The van der Waals surface area contributed by atoms with Gasteiger partial charge in [-0.2, -0.15) is 0 Å². The highest BCUT2D eigenvalue weighted by Gasteiger charge is 2.42. The third-order valence-electron chi connectivity index (χ3n) is 3.74. The second kappa shape index (κ2) is 5.19. The Morgan fingerprint density at radius 3 is 2.26 bits per heavy atom. The molecule has 1 aromatic rings. The van der Waals surface area contributed by atoms with Crippen LogP contribution in [0, 0.1) is 5.41 Å². The van der Waals surface area contributed by atoms with E-state index in [-0.39, 0.29) is 23.0 Å². The predicted octanol–water partition coefficient (Wildman–Crippen LogP) is 1.93. The summed E-state index contributed by atoms with van der Waals surface area (Å²) in [6.45, 7) is 5.85. The average molecular weight is 316 g/mol. The highest BCUT2D eigenvalue weighted by Crippen LogP contribution is 2.27. The van der Waals surface area contributed by atoms with E-state index in [4.69, 9.17) is 9.68 Å². The summed E-state index contributed by atoms with van der Waals surface area (Å²) in [6, 6.07) is 6.30. The zero-order valence-electron chi connectivity index (χ0n) is 13.0. The molecule has 23 heavy (non-hydrogen) atoms. The van der Waals surface area contributed by atoms with Crippen LogP contribution in [0.25, 0.3) is 0 Å². The molecule has 7 heteroatoms. The maximum atomic E-state index is 12.1. The molecule has 2 aliphatic heterocycles. The highest BCUT2D eigenvalue weighted by atomic mass is 16.7. The molecule has 0 saturated carbocycles. The van der Waals surface area contributed by atoms with Crippen LogP contribution in [0.4, 0.5) is 0 Å². The zero-order chi connectivity index (χ0) is 16.8. The van der Waals surface area contributed by atoms with E-state index in [0.29, 0.717) is 5.06 Å². The summed E-state index contributed by atoms with van der Waals surface area (Å²) in [7, 11) is 0. The summed E-state index contributed by atoms with van der Waals surface area (Å²) >= 11 is 0. The van der Waals surface area contributed by atoms with Crippen LogP contribution in [0.1, 0.15) is 47.9 Å². The average Bonchev–Trinajstić information content (AvgIpc) is 3.08. The van der Waals surface area contributed by atoms with E-state index in [9.17, 15) is 14.4 Å². The van der Waals surface area contributed by atoms with Crippen molar-refractivity contribution < 1.29 is 24.1 Å². The molecule has 120 valence electrons. The summed E-state index contributed by atoms with van der Waals surface area (Å²) in [5.74, 6) is -2.13. The minimum absolute atomic E-state index is 0.212. The topological polar surface area (TPSA) is 85.3 Å². The van der Waals surface area contributed by atoms with Crippen LogP contribution in [0.3, 0.4) is 0 Å². The molecule has 7 nitrogen and oxygen atoms in total. The highest BCUT2D eigenvalue weighted by molar-refractivity contribution is 6.21. The third-order valence-corrected chi connectivity index (χ3v) is 3.74. The minimum atomic E-state index is -0.950. The molecule has 0 fully saturated rings. The number of hydroxylamine groups is 2. The van der Waals surface area contributed by atoms with Gasteiger partial charge in [0.1, 0.15) is 0 Å². The van der Waals surface area contributed by atoms with E-state index in [2.05, 4.69) is 5.16 Å². The molecule has 0 aromatic heterocycles. The Balaban J connectivity index is 1.69. The van der Waals surface area contributed by atoms with Gasteiger partial charge >= 0.3 is 5.97 Å². The molecule has 0 spiro atoms. The largest absolute Gasteiger partial charge is 0.380 e. The second-order valence-electron chi connectivity index (χ2n) is 6.45. The standard InChI is InChI=1S/C16H16N2O5/c1-16(2,3)12-8-11(22-17-12)15(21)23-18-13(19)9-6-4-5-7-10(9)14(18)20/h4-7,11H,8H2,1-3H3. The molecule has 1 aromatic carbocycles. The molecular weight excluding hydrogens is 300 g/mol. The fourth-order valence-corrected chi connectivity index (χ4v) is 2.35. The van der Waals surface area contributed by atoms with Gasteiger partial charge in [-0.3, -0.25) is 9.59 Å². The molecule has 0 radical (unpaired) electrons. The number of amides is 2. The van der Waals surface area contributed by atoms with Gasteiger partial charge in [0.05, 0.1) is 16.8 Å². The smallest absolute Gasteiger partial charge is 0.376 e. The summed E-state index contributed by atoms with van der Waals surface area (Å²) in [5, 5.41) is 4.37. The molecule has 0 aliphatic carbocycles. The van der Waals surface area contributed by atoms with Crippen molar-refractivity contribution in [2.75, 3.05) is 0 Å². The lowest BCUT2D eigenvalue weighted by Gasteiger charge is -2.17. The second-order valence-corrected chi connectivity index (χ2v) is 6.45. The van der Waals surface area contributed by atoms with Gasteiger partial charge in [-0.05, 0) is 12.1 Å². The van der Waals surface area contributed by atoms with Crippen molar-refractivity contribution in [2.24, 2.45) is 10.6 Å². The van der Waals surface area contributed by atoms with E-state index in [1.54, 1.807) is 12.1 Å². The maximum Gasteiger partial charge on any atom is 0.376 e. The first-order valence-electron chi connectivity index (χ1n) is 7.22. The van der Waals surface area contributed by atoms with Crippen LogP contribution in [0.15, 0.2) is 29.4 Å². The number of hydrogen-bond acceptors (Lipinski definition) is 6. The summed E-state index contributed by atoms with van der Waals surface area (Å²) < 4.78 is 0. The number of imide groups is 1. The molecular formula is C16H16N2O5. The van der Waals surface area contributed by atoms with Crippen molar-refractivity contribution in [2.45, 2.75) is 33.3 Å². The Labute approximate surface area is 132 Å². The molecule has 3 rings (SSSR count). The molecule has 1 unspecified atom stereocenters. The first kappa shape index (κ1) is 15.2. The number of oxime groups is 1. The zero-order valence-corrected chi connectivity index (χ0v) is 13.0. The Morgan fingerprint density at radius 1 is 1.22 bits per heavy atom. The maximum absolute atomic E-state index is 12.1. The van der Waals surface area contributed by atoms with E-state index in [0.717, 1.165) is 5.71 Å². The van der Waals surface area contributed by atoms with Gasteiger partial charge in [0.25, 0.3) is 11.8 Å². The Morgan fingerprint density at radius 2 is 1.78 bits per heavy atom. The molecule has 2 amide bonds. The van der Waals surface area contributed by atoms with Gasteiger partial charge in [-0.15, -0.1) is 0 Å². The number of nitrogens with zero attached hydrogens (tertiary/aromatic N) is 2. The Kier molecular flexibility index (Phi) is 3.43. The van der Waals surface area contributed by atoms with E-state index >= 15 is 0 Å². The molecule has 0 saturated heterocycles.